The van der Waals surface area contributed by atoms with Crippen LogP contribution in [0.15, 0.2) is 42.5 Å². The van der Waals surface area contributed by atoms with E-state index in [1.54, 1.807) is 24.3 Å². The Morgan fingerprint density at radius 2 is 1.85 bits per heavy atom. The summed E-state index contributed by atoms with van der Waals surface area (Å²) in [5.74, 6) is -1.25. The number of nitro groups is 1. The second kappa shape index (κ2) is 9.02. The molecule has 0 heterocycles. The van der Waals surface area contributed by atoms with Crippen molar-refractivity contribution in [3.63, 3.8) is 0 Å². The van der Waals surface area contributed by atoms with Crippen LogP contribution in [0.5, 0.6) is 5.75 Å². The van der Waals surface area contributed by atoms with Crippen LogP contribution < -0.4 is 10.1 Å². The standard InChI is InChI=1S/C16H12Cl2N2O6/c17-10-5-6-12(13(7-10)20(23)24)19-15(21)8-26-16(22)9-25-14-4-2-1-3-11(14)18/h1-7H,8-9H2,(H,19,21). The summed E-state index contributed by atoms with van der Waals surface area (Å²) in [4.78, 5) is 33.7. The average Bonchev–Trinajstić information content (AvgIpc) is 2.60. The van der Waals surface area contributed by atoms with E-state index in [0.717, 1.165) is 6.07 Å². The minimum absolute atomic E-state index is 0.0623. The summed E-state index contributed by atoms with van der Waals surface area (Å²) in [6, 6.07) is 10.3. The van der Waals surface area contributed by atoms with Crippen LogP contribution in [0.2, 0.25) is 10.0 Å². The molecule has 0 aliphatic rings. The molecule has 10 heteroatoms. The lowest BCUT2D eigenvalue weighted by molar-refractivity contribution is -0.383. The van der Waals surface area contributed by atoms with Crippen molar-refractivity contribution in [2.45, 2.75) is 0 Å². The Balaban J connectivity index is 1.84. The smallest absolute Gasteiger partial charge is 0.344 e. The molecule has 26 heavy (non-hydrogen) atoms. The zero-order valence-electron chi connectivity index (χ0n) is 13.1. The van der Waals surface area contributed by atoms with Crippen LogP contribution in [0.25, 0.3) is 0 Å². The average molecular weight is 399 g/mol. The van der Waals surface area contributed by atoms with Gasteiger partial charge < -0.3 is 14.8 Å². The lowest BCUT2D eigenvalue weighted by Crippen LogP contribution is -2.24. The molecule has 1 N–H and O–H groups in total. The third-order valence-electron chi connectivity index (χ3n) is 2.98. The number of nitro benzene ring substituents is 1. The maximum Gasteiger partial charge on any atom is 0.344 e. The fourth-order valence-corrected chi connectivity index (χ4v) is 2.19. The van der Waals surface area contributed by atoms with E-state index < -0.39 is 30.0 Å². The predicted molar refractivity (Wildman–Crippen MR) is 94.6 cm³/mol. The van der Waals surface area contributed by atoms with Crippen LogP contribution in [0.4, 0.5) is 11.4 Å². The van der Waals surface area contributed by atoms with Crippen molar-refractivity contribution in [1.82, 2.24) is 0 Å². The van der Waals surface area contributed by atoms with Gasteiger partial charge in [-0.3, -0.25) is 14.9 Å². The van der Waals surface area contributed by atoms with E-state index in [2.05, 4.69) is 5.32 Å². The van der Waals surface area contributed by atoms with Gasteiger partial charge in [-0.05, 0) is 24.3 Å². The molecule has 0 spiro atoms. The van der Waals surface area contributed by atoms with Gasteiger partial charge in [0.2, 0.25) is 0 Å². The van der Waals surface area contributed by atoms with Gasteiger partial charge in [-0.1, -0.05) is 35.3 Å². The molecule has 0 saturated carbocycles. The Hall–Kier alpha value is -2.84. The van der Waals surface area contributed by atoms with Gasteiger partial charge in [0.15, 0.2) is 13.2 Å². The molecule has 2 rings (SSSR count). The van der Waals surface area contributed by atoms with Crippen molar-refractivity contribution in [2.24, 2.45) is 0 Å². The highest BCUT2D eigenvalue weighted by Crippen LogP contribution is 2.27. The molecular weight excluding hydrogens is 387 g/mol. The van der Waals surface area contributed by atoms with Crippen LogP contribution in [-0.2, 0) is 14.3 Å². The first-order valence-corrected chi connectivity index (χ1v) is 7.89. The normalized spacial score (nSPS) is 10.1. The molecular formula is C16H12Cl2N2O6. The van der Waals surface area contributed by atoms with E-state index in [1.807, 2.05) is 0 Å². The number of nitrogens with zero attached hydrogens (tertiary/aromatic N) is 1. The summed E-state index contributed by atoms with van der Waals surface area (Å²) in [6.45, 7) is -1.08. The lowest BCUT2D eigenvalue weighted by Gasteiger charge is -2.09. The van der Waals surface area contributed by atoms with Gasteiger partial charge in [0.25, 0.3) is 11.6 Å². The Kier molecular flexibility index (Phi) is 6.76. The summed E-state index contributed by atoms with van der Waals surface area (Å²) in [5.41, 5.74) is -0.438. The van der Waals surface area contributed by atoms with Crippen LogP contribution in [0, 0.1) is 10.1 Å². The van der Waals surface area contributed by atoms with Gasteiger partial charge >= 0.3 is 5.97 Å². The number of esters is 1. The monoisotopic (exact) mass is 398 g/mol. The number of para-hydroxylation sites is 1. The number of halogens is 2. The van der Waals surface area contributed by atoms with Gasteiger partial charge in [0.05, 0.1) is 9.95 Å². The molecule has 0 fully saturated rings. The quantitative estimate of drug-likeness (QED) is 0.434. The molecule has 0 atom stereocenters. The molecule has 8 nitrogen and oxygen atoms in total. The Morgan fingerprint density at radius 1 is 1.12 bits per heavy atom. The van der Waals surface area contributed by atoms with Crippen LogP contribution in [-0.4, -0.2) is 30.0 Å². The third kappa shape index (κ3) is 5.61. The second-order valence-corrected chi connectivity index (χ2v) is 5.69. The first-order valence-electron chi connectivity index (χ1n) is 7.13. The van der Waals surface area contributed by atoms with Gasteiger partial charge in [-0.25, -0.2) is 4.79 Å². The molecule has 2 aromatic rings. The van der Waals surface area contributed by atoms with E-state index in [4.69, 9.17) is 32.7 Å². The van der Waals surface area contributed by atoms with E-state index >= 15 is 0 Å². The van der Waals surface area contributed by atoms with E-state index in [9.17, 15) is 19.7 Å². The number of nitrogens with one attached hydrogen (secondary N) is 1. The van der Waals surface area contributed by atoms with Gasteiger partial charge in [0.1, 0.15) is 11.4 Å². The van der Waals surface area contributed by atoms with Crippen molar-refractivity contribution in [3.8, 4) is 5.75 Å². The Bertz CT molecular complexity index is 843. The van der Waals surface area contributed by atoms with Crippen molar-refractivity contribution >= 4 is 46.5 Å². The van der Waals surface area contributed by atoms with E-state index in [0.29, 0.717) is 10.8 Å². The third-order valence-corrected chi connectivity index (χ3v) is 3.52. The van der Waals surface area contributed by atoms with Crippen molar-refractivity contribution in [2.75, 3.05) is 18.5 Å². The molecule has 0 unspecified atom stereocenters. The van der Waals surface area contributed by atoms with Crippen molar-refractivity contribution < 1.29 is 24.0 Å². The van der Waals surface area contributed by atoms with E-state index in [1.165, 1.54) is 12.1 Å². The Morgan fingerprint density at radius 3 is 2.54 bits per heavy atom. The highest BCUT2D eigenvalue weighted by atomic mass is 35.5. The van der Waals surface area contributed by atoms with Gasteiger partial charge in [-0.2, -0.15) is 0 Å². The van der Waals surface area contributed by atoms with Crippen LogP contribution in [0.3, 0.4) is 0 Å². The summed E-state index contributed by atoms with van der Waals surface area (Å²) in [5, 5.41) is 13.7. The minimum Gasteiger partial charge on any atom is -0.480 e. The fraction of sp³-hybridized carbons (Fsp3) is 0.125. The number of carbonyl (C=O) groups is 2. The molecule has 0 aliphatic carbocycles. The van der Waals surface area contributed by atoms with E-state index in [-0.39, 0.29) is 16.4 Å². The second-order valence-electron chi connectivity index (χ2n) is 4.85. The first-order chi connectivity index (χ1) is 12.4. The van der Waals surface area contributed by atoms with Crippen LogP contribution in [0.1, 0.15) is 0 Å². The lowest BCUT2D eigenvalue weighted by atomic mass is 10.2. The Labute approximate surface area is 157 Å². The molecule has 136 valence electrons. The number of hydrogen-bond donors (Lipinski definition) is 1. The van der Waals surface area contributed by atoms with Crippen LogP contribution >= 0.6 is 23.2 Å². The highest BCUT2D eigenvalue weighted by molar-refractivity contribution is 6.32. The fourth-order valence-electron chi connectivity index (χ4n) is 1.83. The number of rotatable bonds is 7. The minimum atomic E-state index is -0.800. The number of benzene rings is 2. The molecule has 0 saturated heterocycles. The summed E-state index contributed by atoms with van der Waals surface area (Å²) < 4.78 is 9.92. The molecule has 1 amide bonds. The molecule has 0 radical (unpaired) electrons. The zero-order chi connectivity index (χ0) is 19.1. The molecule has 2 aromatic carbocycles. The first kappa shape index (κ1) is 19.5. The van der Waals surface area contributed by atoms with Gasteiger partial charge in [0, 0.05) is 11.1 Å². The highest BCUT2D eigenvalue weighted by Gasteiger charge is 2.17. The number of carbonyl (C=O) groups excluding carboxylic acids is 2. The summed E-state index contributed by atoms with van der Waals surface area (Å²) in [6.07, 6.45) is 0. The molecule has 0 bridgehead atoms. The zero-order valence-corrected chi connectivity index (χ0v) is 14.6. The SMILES string of the molecule is O=C(COC(=O)COc1ccccc1Cl)Nc1ccc(Cl)cc1[N+](=O)[O-]. The number of anilines is 1. The van der Waals surface area contributed by atoms with Crippen molar-refractivity contribution in [1.29, 1.82) is 0 Å². The predicted octanol–water partition coefficient (Wildman–Crippen LogP) is 3.46. The number of ether oxygens (including phenoxy) is 2. The topological polar surface area (TPSA) is 108 Å². The molecule has 0 aliphatic heterocycles. The summed E-state index contributed by atoms with van der Waals surface area (Å²) >= 11 is 11.6. The maximum absolute atomic E-state index is 11.8. The van der Waals surface area contributed by atoms with Crippen molar-refractivity contribution in [3.05, 3.63) is 62.6 Å². The molecule has 0 aromatic heterocycles. The maximum atomic E-state index is 11.8. The van der Waals surface area contributed by atoms with Gasteiger partial charge in [-0.15, -0.1) is 0 Å². The largest absolute Gasteiger partial charge is 0.480 e. The summed E-state index contributed by atoms with van der Waals surface area (Å²) in [7, 11) is 0. The number of amides is 1. The number of hydrogen-bond acceptors (Lipinski definition) is 6.